The molecule has 49 valence electrons. The first-order valence-electron chi connectivity index (χ1n) is 0.934. The fourth-order valence-electron chi connectivity index (χ4n) is 0. The van der Waals surface area contributed by atoms with Crippen LogP contribution >= 0.6 is 0 Å². The molecule has 0 heterocycles. The minimum absolute atomic E-state index is 3.38. The van der Waals surface area contributed by atoms with Crippen molar-refractivity contribution in [3.05, 3.63) is 0 Å². The van der Waals surface area contributed by atoms with Crippen molar-refractivity contribution in [2.75, 3.05) is 0 Å². The van der Waals surface area contributed by atoms with Gasteiger partial charge in [-0.2, -0.15) is 8.42 Å². The molecule has 7 heteroatoms. The molecular formula is H5N2NiO3S. The summed E-state index contributed by atoms with van der Waals surface area (Å²) >= 11 is 3.38. The average molecular weight is 172 g/mol. The molecule has 0 bridgehead atoms. The summed E-state index contributed by atoms with van der Waals surface area (Å²) in [5.74, 6) is 0. The average Bonchev–Trinajstić information content (AvgIpc) is 1.36. The minimum atomic E-state index is -4.17. The molecule has 7 heavy (non-hydrogen) atoms. The Balaban J connectivity index is 0. The summed E-state index contributed by atoms with van der Waals surface area (Å²) in [6.07, 6.45) is 0. The van der Waals surface area contributed by atoms with Crippen LogP contribution in [0.25, 0.3) is 0 Å². The van der Waals surface area contributed by atoms with Gasteiger partial charge in [-0.25, -0.2) is 5.14 Å². The van der Waals surface area contributed by atoms with Crippen LogP contribution in [0.15, 0.2) is 0 Å². The summed E-state index contributed by atoms with van der Waals surface area (Å²) in [4.78, 5) is 4.12. The summed E-state index contributed by atoms with van der Waals surface area (Å²) in [6.45, 7) is 0. The van der Waals surface area contributed by atoms with E-state index >= 15 is 0 Å². The van der Waals surface area contributed by atoms with Gasteiger partial charge in [0.25, 0.3) is 0 Å². The van der Waals surface area contributed by atoms with E-state index in [9.17, 15) is 0 Å². The van der Waals surface area contributed by atoms with Gasteiger partial charge >= 0.3 is 30.8 Å². The van der Waals surface area contributed by atoms with E-state index in [-0.39, 0.29) is 0 Å². The summed E-state index contributed by atoms with van der Waals surface area (Å²) in [6, 6.07) is 0. The summed E-state index contributed by atoms with van der Waals surface area (Å²) in [5.41, 5.74) is 0. The molecule has 0 aromatic heterocycles. The molecule has 0 rings (SSSR count). The maximum atomic E-state index is 8.97. The van der Waals surface area contributed by atoms with Gasteiger partial charge in [0, 0.05) is 0 Å². The van der Waals surface area contributed by atoms with Crippen LogP contribution in [0.5, 0.6) is 0 Å². The number of nitrogens with two attached hydrogens (primary N) is 2. The quantitative estimate of drug-likeness (QED) is 0.294. The van der Waals surface area contributed by atoms with Gasteiger partial charge in [0.05, 0.1) is 0 Å². The summed E-state index contributed by atoms with van der Waals surface area (Å²) < 4.78 is 25.2. The number of hydrogen-bond donors (Lipinski definition) is 3. The molecule has 0 atom stereocenters. The maximum absolute atomic E-state index is 8.97. The molecule has 0 fully saturated rings. The van der Waals surface area contributed by atoms with Crippen LogP contribution in [0.4, 0.5) is 0 Å². The molecule has 0 aromatic rings. The van der Waals surface area contributed by atoms with Crippen molar-refractivity contribution in [1.29, 1.82) is 0 Å². The van der Waals surface area contributed by atoms with Crippen LogP contribution in [-0.2, 0) is 26.0 Å². The van der Waals surface area contributed by atoms with Crippen LogP contribution in [0, 0.1) is 0 Å². The van der Waals surface area contributed by atoms with Gasteiger partial charge in [0.2, 0.25) is 0 Å². The molecule has 0 aliphatic heterocycles. The molecule has 0 radical (unpaired) electrons. The summed E-state index contributed by atoms with van der Waals surface area (Å²) in [5, 5.41) is 3.88. The van der Waals surface area contributed by atoms with Gasteiger partial charge in [-0.05, 0) is 0 Å². The zero-order valence-corrected chi connectivity index (χ0v) is 4.95. The Bertz CT molecular complexity index is 96.1. The first-order chi connectivity index (χ1) is 3.00. The Morgan fingerprint density at radius 1 is 1.43 bits per heavy atom. The molecule has 0 aliphatic rings. The Labute approximate surface area is 49.5 Å². The van der Waals surface area contributed by atoms with E-state index in [4.69, 9.17) is 13.0 Å². The first kappa shape index (κ1) is 10.3. The molecule has 5 N–H and O–H groups in total. The standard InChI is InChI=1S/H3NO3S.H2N.Ni/c1-5(2,3)4;;/h(H3,1,2,3,4);1H2;/q;-1;+1. The predicted molar refractivity (Wildman–Crippen MR) is 19.9 cm³/mol. The second-order valence-electron chi connectivity index (χ2n) is 0.515. The van der Waals surface area contributed by atoms with Crippen LogP contribution < -0.4 is 9.95 Å². The van der Waals surface area contributed by atoms with Gasteiger partial charge in [-0.15, -0.1) is 0 Å². The van der Waals surface area contributed by atoms with Gasteiger partial charge in [0.15, 0.2) is 0 Å². The zero-order chi connectivity index (χ0) is 6.50. The van der Waals surface area contributed by atoms with Crippen molar-refractivity contribution in [3.63, 3.8) is 0 Å². The molecular weight excluding hydrogens is 167 g/mol. The van der Waals surface area contributed by atoms with E-state index in [1.807, 2.05) is 0 Å². The van der Waals surface area contributed by atoms with Crippen molar-refractivity contribution < 1.29 is 28.6 Å². The Morgan fingerprint density at radius 2 is 1.43 bits per heavy atom. The second-order valence-corrected chi connectivity index (χ2v) is 1.54. The molecule has 0 aromatic carbocycles. The molecule has 0 spiro atoms. The van der Waals surface area contributed by atoms with Gasteiger partial charge in [-0.1, -0.05) is 0 Å². The van der Waals surface area contributed by atoms with E-state index in [2.05, 4.69) is 25.6 Å². The predicted octanol–water partition coefficient (Wildman–Crippen LogP) is -1.85. The van der Waals surface area contributed by atoms with Crippen molar-refractivity contribution in [1.82, 2.24) is 0 Å². The Hall–Kier alpha value is 0.324. The third-order valence-electron chi connectivity index (χ3n) is 0. The van der Waals surface area contributed by atoms with Crippen LogP contribution in [0.2, 0.25) is 0 Å². The SMILES string of the molecule is NS(=O)(=O)O.[NH2][Ni]. The Kier molecular flexibility index (Phi) is 6.62. The fourth-order valence-corrected chi connectivity index (χ4v) is 0. The van der Waals surface area contributed by atoms with E-state index in [0.717, 1.165) is 0 Å². The van der Waals surface area contributed by atoms with E-state index < -0.39 is 10.3 Å². The molecule has 0 unspecified atom stereocenters. The first-order valence-corrected chi connectivity index (χ1v) is 3.01. The summed E-state index contributed by atoms with van der Waals surface area (Å²) in [7, 11) is -4.17. The van der Waals surface area contributed by atoms with Crippen molar-refractivity contribution in [3.8, 4) is 0 Å². The normalized spacial score (nSPS) is 9.29. The zero-order valence-electron chi connectivity index (χ0n) is 3.14. The third-order valence-corrected chi connectivity index (χ3v) is 0. The van der Waals surface area contributed by atoms with Gasteiger partial charge < -0.3 is 0 Å². The molecule has 0 saturated heterocycles. The Morgan fingerprint density at radius 3 is 1.43 bits per heavy atom. The van der Waals surface area contributed by atoms with Crippen LogP contribution in [-0.4, -0.2) is 13.0 Å². The second kappa shape index (κ2) is 4.48. The van der Waals surface area contributed by atoms with Crippen LogP contribution in [0.3, 0.4) is 0 Å². The molecule has 0 aliphatic carbocycles. The molecule has 0 amide bonds. The van der Waals surface area contributed by atoms with E-state index in [0.29, 0.717) is 0 Å². The third kappa shape index (κ3) is 1130. The topological polar surface area (TPSA) is 106 Å². The van der Waals surface area contributed by atoms with Gasteiger partial charge in [0.1, 0.15) is 0 Å². The van der Waals surface area contributed by atoms with E-state index in [1.165, 1.54) is 0 Å². The van der Waals surface area contributed by atoms with Gasteiger partial charge in [-0.3, -0.25) is 4.55 Å². The van der Waals surface area contributed by atoms with Crippen LogP contribution in [0.1, 0.15) is 0 Å². The van der Waals surface area contributed by atoms with Crippen molar-refractivity contribution in [2.45, 2.75) is 0 Å². The van der Waals surface area contributed by atoms with E-state index in [1.54, 1.807) is 0 Å². The number of hydrogen-bond acceptors (Lipinski definition) is 3. The monoisotopic (exact) mass is 171 g/mol. The molecule has 0 saturated carbocycles. The number of rotatable bonds is 0. The van der Waals surface area contributed by atoms with Crippen molar-refractivity contribution in [2.24, 2.45) is 9.95 Å². The van der Waals surface area contributed by atoms with Crippen molar-refractivity contribution >= 4 is 10.3 Å². The fraction of sp³-hybridized carbons (Fsp3) is 0. The molecule has 5 nitrogen and oxygen atoms in total.